The van der Waals surface area contributed by atoms with Gasteiger partial charge in [0.05, 0.1) is 5.56 Å². The van der Waals surface area contributed by atoms with E-state index >= 15 is 0 Å². The van der Waals surface area contributed by atoms with Gasteiger partial charge in [-0.25, -0.2) is 0 Å². The first-order chi connectivity index (χ1) is 7.91. The third-order valence-corrected chi connectivity index (χ3v) is 3.87. The highest BCUT2D eigenvalue weighted by Gasteiger charge is 2.45. The molecule has 1 aromatic rings. The number of hydrogen-bond acceptors (Lipinski definition) is 1. The van der Waals surface area contributed by atoms with Crippen LogP contribution in [0.5, 0.6) is 0 Å². The number of alkyl halides is 3. The smallest absolute Gasteiger partial charge is 0.330 e. The highest BCUT2D eigenvalue weighted by atomic mass is 35.5. The van der Waals surface area contributed by atoms with Crippen molar-refractivity contribution in [3.8, 4) is 0 Å². The third-order valence-electron chi connectivity index (χ3n) is 3.55. The molecule has 94 valence electrons. The molecule has 0 aromatic heterocycles. The molecular formula is C12H13ClF3N. The van der Waals surface area contributed by atoms with E-state index in [1.807, 2.05) is 0 Å². The van der Waals surface area contributed by atoms with E-state index in [0.29, 0.717) is 12.8 Å². The lowest BCUT2D eigenvalue weighted by atomic mass is 9.63. The van der Waals surface area contributed by atoms with E-state index in [0.717, 1.165) is 12.5 Å². The first kappa shape index (κ1) is 12.7. The van der Waals surface area contributed by atoms with Crippen molar-refractivity contribution in [3.05, 3.63) is 34.3 Å². The van der Waals surface area contributed by atoms with Crippen LogP contribution < -0.4 is 5.73 Å². The summed E-state index contributed by atoms with van der Waals surface area (Å²) < 4.78 is 38.9. The monoisotopic (exact) mass is 263 g/mol. The Morgan fingerprint density at radius 2 is 1.94 bits per heavy atom. The Bertz CT molecular complexity index is 419. The van der Waals surface area contributed by atoms with Crippen LogP contribution in [0, 0.1) is 0 Å². The van der Waals surface area contributed by atoms with E-state index in [1.165, 1.54) is 12.1 Å². The molecule has 0 saturated heterocycles. The maximum absolute atomic E-state index is 13.0. The van der Waals surface area contributed by atoms with Crippen molar-refractivity contribution in [3.63, 3.8) is 0 Å². The van der Waals surface area contributed by atoms with Crippen molar-refractivity contribution in [2.24, 2.45) is 5.73 Å². The largest absolute Gasteiger partial charge is 0.416 e. The van der Waals surface area contributed by atoms with Crippen LogP contribution in [0.15, 0.2) is 18.2 Å². The molecule has 5 heteroatoms. The summed E-state index contributed by atoms with van der Waals surface area (Å²) >= 11 is 5.96. The second-order valence-electron chi connectivity index (χ2n) is 4.50. The summed E-state index contributed by atoms with van der Waals surface area (Å²) in [6, 6.07) is 3.91. The van der Waals surface area contributed by atoms with Gasteiger partial charge in [0.1, 0.15) is 0 Å². The van der Waals surface area contributed by atoms with Gasteiger partial charge in [0, 0.05) is 17.0 Å². The van der Waals surface area contributed by atoms with E-state index < -0.39 is 17.2 Å². The first-order valence-electron chi connectivity index (χ1n) is 5.47. The fourth-order valence-corrected chi connectivity index (χ4v) is 2.83. The maximum atomic E-state index is 13.0. The van der Waals surface area contributed by atoms with Gasteiger partial charge in [-0.15, -0.1) is 0 Å². The van der Waals surface area contributed by atoms with Crippen molar-refractivity contribution in [1.82, 2.24) is 0 Å². The topological polar surface area (TPSA) is 26.0 Å². The van der Waals surface area contributed by atoms with Crippen molar-refractivity contribution in [1.29, 1.82) is 0 Å². The third kappa shape index (κ3) is 2.04. The molecule has 0 atom stereocenters. The molecule has 1 aliphatic rings. The van der Waals surface area contributed by atoms with Crippen LogP contribution in [0.25, 0.3) is 0 Å². The standard InChI is InChI=1S/C12H13ClF3N/c13-9-4-1-3-8(12(14,15)16)10(9)11(7-17)5-2-6-11/h1,3-4H,2,5-7,17H2. The number of benzene rings is 1. The minimum atomic E-state index is -4.38. The Kier molecular flexibility index (Phi) is 3.12. The second kappa shape index (κ2) is 4.18. The normalized spacial score (nSPS) is 18.9. The Morgan fingerprint density at radius 1 is 1.29 bits per heavy atom. The highest BCUT2D eigenvalue weighted by Crippen LogP contribution is 2.49. The van der Waals surface area contributed by atoms with Gasteiger partial charge >= 0.3 is 6.18 Å². The molecule has 2 N–H and O–H groups in total. The van der Waals surface area contributed by atoms with Crippen molar-refractivity contribution in [2.75, 3.05) is 6.54 Å². The van der Waals surface area contributed by atoms with Gasteiger partial charge in [-0.05, 0) is 30.5 Å². The molecule has 0 spiro atoms. The van der Waals surface area contributed by atoms with E-state index in [2.05, 4.69) is 0 Å². The fraction of sp³-hybridized carbons (Fsp3) is 0.500. The summed E-state index contributed by atoms with van der Waals surface area (Å²) in [7, 11) is 0. The molecule has 0 unspecified atom stereocenters. The Morgan fingerprint density at radius 3 is 2.35 bits per heavy atom. The first-order valence-corrected chi connectivity index (χ1v) is 5.85. The lowest BCUT2D eigenvalue weighted by Crippen LogP contribution is -2.43. The molecule has 2 rings (SSSR count). The van der Waals surface area contributed by atoms with Crippen LogP contribution >= 0.6 is 11.6 Å². The van der Waals surface area contributed by atoms with Gasteiger partial charge in [0.2, 0.25) is 0 Å². The maximum Gasteiger partial charge on any atom is 0.416 e. The molecule has 17 heavy (non-hydrogen) atoms. The lowest BCUT2D eigenvalue weighted by molar-refractivity contribution is -0.139. The minimum absolute atomic E-state index is 0.171. The molecule has 1 aliphatic carbocycles. The molecule has 0 aliphatic heterocycles. The van der Waals surface area contributed by atoms with Crippen molar-refractivity contribution in [2.45, 2.75) is 30.9 Å². The van der Waals surface area contributed by atoms with Crippen LogP contribution in [-0.2, 0) is 11.6 Å². The number of halogens is 4. The zero-order valence-corrected chi connectivity index (χ0v) is 9.91. The van der Waals surface area contributed by atoms with E-state index in [-0.39, 0.29) is 17.1 Å². The van der Waals surface area contributed by atoms with Gasteiger partial charge in [-0.1, -0.05) is 24.1 Å². The number of nitrogens with two attached hydrogens (primary N) is 1. The predicted molar refractivity (Wildman–Crippen MR) is 61.0 cm³/mol. The molecule has 0 amide bonds. The average Bonchev–Trinajstić information content (AvgIpc) is 2.17. The van der Waals surface area contributed by atoms with Gasteiger partial charge in [0.25, 0.3) is 0 Å². The van der Waals surface area contributed by atoms with Crippen LogP contribution in [0.4, 0.5) is 13.2 Å². The molecule has 1 nitrogen and oxygen atoms in total. The Hall–Kier alpha value is -0.740. The summed E-state index contributed by atoms with van der Waals surface area (Å²) in [5.41, 5.74) is 4.62. The molecule has 0 radical (unpaired) electrons. The zero-order valence-electron chi connectivity index (χ0n) is 9.15. The van der Waals surface area contributed by atoms with E-state index in [9.17, 15) is 13.2 Å². The summed E-state index contributed by atoms with van der Waals surface area (Å²) in [6.07, 6.45) is -2.12. The van der Waals surface area contributed by atoms with Gasteiger partial charge in [-0.3, -0.25) is 0 Å². The molecular weight excluding hydrogens is 251 g/mol. The second-order valence-corrected chi connectivity index (χ2v) is 4.91. The fourth-order valence-electron chi connectivity index (χ4n) is 2.46. The van der Waals surface area contributed by atoms with Crippen LogP contribution in [0.1, 0.15) is 30.4 Å². The SMILES string of the molecule is NCC1(c2c(Cl)cccc2C(F)(F)F)CCC1. The van der Waals surface area contributed by atoms with Gasteiger partial charge in [0.15, 0.2) is 0 Å². The summed E-state index contributed by atoms with van der Waals surface area (Å²) in [5.74, 6) is 0. The summed E-state index contributed by atoms with van der Waals surface area (Å²) in [6.45, 7) is 0.208. The molecule has 0 heterocycles. The van der Waals surface area contributed by atoms with Crippen molar-refractivity contribution >= 4 is 11.6 Å². The summed E-state index contributed by atoms with van der Waals surface area (Å²) in [4.78, 5) is 0. The number of rotatable bonds is 2. The van der Waals surface area contributed by atoms with Crippen molar-refractivity contribution < 1.29 is 13.2 Å². The van der Waals surface area contributed by atoms with Crippen LogP contribution in [0.3, 0.4) is 0 Å². The Labute approximate surface area is 103 Å². The van der Waals surface area contributed by atoms with Gasteiger partial charge in [-0.2, -0.15) is 13.2 Å². The number of hydrogen-bond donors (Lipinski definition) is 1. The quantitative estimate of drug-likeness (QED) is 0.864. The van der Waals surface area contributed by atoms with Crippen LogP contribution in [-0.4, -0.2) is 6.54 Å². The Balaban J connectivity index is 2.59. The predicted octanol–water partition coefficient (Wildman–Crippen LogP) is 3.74. The highest BCUT2D eigenvalue weighted by molar-refractivity contribution is 6.31. The van der Waals surface area contributed by atoms with Gasteiger partial charge < -0.3 is 5.73 Å². The zero-order chi connectivity index (χ0) is 12.7. The summed E-state index contributed by atoms with van der Waals surface area (Å²) in [5, 5.41) is 0.171. The molecule has 1 saturated carbocycles. The minimum Gasteiger partial charge on any atom is -0.330 e. The molecule has 1 aromatic carbocycles. The van der Waals surface area contributed by atoms with E-state index in [1.54, 1.807) is 0 Å². The average molecular weight is 264 g/mol. The lowest BCUT2D eigenvalue weighted by Gasteiger charge is -2.43. The van der Waals surface area contributed by atoms with E-state index in [4.69, 9.17) is 17.3 Å². The molecule has 0 bridgehead atoms. The van der Waals surface area contributed by atoms with Crippen LogP contribution in [0.2, 0.25) is 5.02 Å². The molecule has 1 fully saturated rings.